The third-order valence-electron chi connectivity index (χ3n) is 2.62. The summed E-state index contributed by atoms with van der Waals surface area (Å²) in [5.41, 5.74) is 3.82. The molecule has 0 aliphatic carbocycles. The summed E-state index contributed by atoms with van der Waals surface area (Å²) < 4.78 is 1.00. The van der Waals surface area contributed by atoms with Gasteiger partial charge in [0, 0.05) is 16.0 Å². The average Bonchev–Trinajstić information content (AvgIpc) is 2.55. The molecule has 0 spiro atoms. The van der Waals surface area contributed by atoms with Crippen molar-refractivity contribution in [3.8, 4) is 0 Å². The van der Waals surface area contributed by atoms with Gasteiger partial charge < -0.3 is 0 Å². The van der Waals surface area contributed by atoms with E-state index in [9.17, 15) is 4.79 Å². The number of hydrogen-bond acceptors (Lipinski definition) is 2. The first-order chi connectivity index (χ1) is 7.97. The zero-order chi connectivity index (χ0) is 12.6. The second-order valence-electron chi connectivity index (χ2n) is 4.23. The lowest BCUT2D eigenvalue weighted by molar-refractivity contribution is 0.103. The highest BCUT2D eigenvalue weighted by Crippen LogP contribution is 2.28. The van der Waals surface area contributed by atoms with E-state index in [4.69, 9.17) is 0 Å². The summed E-state index contributed by atoms with van der Waals surface area (Å²) in [5, 5.41) is 0. The summed E-state index contributed by atoms with van der Waals surface area (Å²) in [6.45, 7) is 6.01. The maximum Gasteiger partial charge on any atom is 0.194 e. The number of rotatable bonds is 2. The predicted molar refractivity (Wildman–Crippen MR) is 76.1 cm³/mol. The Balaban J connectivity index is 2.47. The van der Waals surface area contributed by atoms with E-state index in [0.29, 0.717) is 0 Å². The molecule has 0 unspecified atom stereocenters. The molecule has 3 heteroatoms. The van der Waals surface area contributed by atoms with Gasteiger partial charge in [-0.3, -0.25) is 4.79 Å². The Bertz CT molecular complexity index is 564. The molecule has 0 aliphatic heterocycles. The van der Waals surface area contributed by atoms with E-state index in [0.717, 1.165) is 30.9 Å². The van der Waals surface area contributed by atoms with Crippen LogP contribution < -0.4 is 0 Å². The SMILES string of the molecule is Cc1cc(C)cc(C(=O)c2cc(Br)sc2C)c1. The van der Waals surface area contributed by atoms with Crippen molar-refractivity contribution in [1.29, 1.82) is 0 Å². The summed E-state index contributed by atoms with van der Waals surface area (Å²) in [5.74, 6) is 0.108. The Morgan fingerprint density at radius 2 is 1.65 bits per heavy atom. The van der Waals surface area contributed by atoms with Gasteiger partial charge in [0.1, 0.15) is 0 Å². The first-order valence-corrected chi connectivity index (χ1v) is 6.97. The minimum atomic E-state index is 0.108. The van der Waals surface area contributed by atoms with Gasteiger partial charge in [-0.25, -0.2) is 0 Å². The molecular weight excluding hydrogens is 296 g/mol. The smallest absolute Gasteiger partial charge is 0.194 e. The van der Waals surface area contributed by atoms with Gasteiger partial charge >= 0.3 is 0 Å². The van der Waals surface area contributed by atoms with Crippen molar-refractivity contribution in [3.05, 3.63) is 55.2 Å². The van der Waals surface area contributed by atoms with E-state index >= 15 is 0 Å². The normalized spacial score (nSPS) is 10.6. The zero-order valence-electron chi connectivity index (χ0n) is 10.0. The second kappa shape index (κ2) is 4.75. The number of ketones is 1. The first-order valence-electron chi connectivity index (χ1n) is 5.36. The molecule has 17 heavy (non-hydrogen) atoms. The number of aryl methyl sites for hydroxylation is 3. The van der Waals surface area contributed by atoms with Crippen LogP contribution in [0, 0.1) is 20.8 Å². The van der Waals surface area contributed by atoms with Crippen LogP contribution in [0.15, 0.2) is 28.1 Å². The van der Waals surface area contributed by atoms with E-state index < -0.39 is 0 Å². The number of thiophene rings is 1. The third-order valence-corrected chi connectivity index (χ3v) is 4.17. The lowest BCUT2D eigenvalue weighted by atomic mass is 10.00. The number of carbonyl (C=O) groups excluding carboxylic acids is 1. The molecule has 1 aromatic carbocycles. The molecule has 0 saturated heterocycles. The van der Waals surface area contributed by atoms with Gasteiger partial charge in [-0.1, -0.05) is 17.2 Å². The van der Waals surface area contributed by atoms with E-state index in [-0.39, 0.29) is 5.78 Å². The Morgan fingerprint density at radius 1 is 1.06 bits per heavy atom. The first kappa shape index (κ1) is 12.5. The quantitative estimate of drug-likeness (QED) is 0.737. The molecule has 0 fully saturated rings. The van der Waals surface area contributed by atoms with Crippen LogP contribution >= 0.6 is 27.3 Å². The van der Waals surface area contributed by atoms with Crippen LogP contribution in [-0.4, -0.2) is 5.78 Å². The summed E-state index contributed by atoms with van der Waals surface area (Å²) in [7, 11) is 0. The molecule has 1 heterocycles. The monoisotopic (exact) mass is 308 g/mol. The van der Waals surface area contributed by atoms with Gasteiger partial charge in [0.15, 0.2) is 5.78 Å². The van der Waals surface area contributed by atoms with Crippen molar-refractivity contribution in [2.45, 2.75) is 20.8 Å². The topological polar surface area (TPSA) is 17.1 Å². The van der Waals surface area contributed by atoms with Crippen molar-refractivity contribution < 1.29 is 4.79 Å². The molecule has 0 radical (unpaired) electrons. The standard InChI is InChI=1S/C14H13BrOS/c1-8-4-9(2)6-11(5-8)14(16)12-7-13(15)17-10(12)3/h4-7H,1-3H3. The maximum atomic E-state index is 12.4. The molecule has 0 bridgehead atoms. The van der Waals surface area contributed by atoms with Crippen LogP contribution in [-0.2, 0) is 0 Å². The van der Waals surface area contributed by atoms with Crippen molar-refractivity contribution in [1.82, 2.24) is 0 Å². The average molecular weight is 309 g/mol. The van der Waals surface area contributed by atoms with Crippen molar-refractivity contribution in [3.63, 3.8) is 0 Å². The Labute approximate surface area is 114 Å². The molecule has 0 atom stereocenters. The number of hydrogen-bond donors (Lipinski definition) is 0. The fourth-order valence-corrected chi connectivity index (χ4v) is 3.62. The van der Waals surface area contributed by atoms with Crippen LogP contribution in [0.25, 0.3) is 0 Å². The van der Waals surface area contributed by atoms with Crippen LogP contribution in [0.4, 0.5) is 0 Å². The lowest BCUT2D eigenvalue weighted by Gasteiger charge is -2.03. The number of carbonyl (C=O) groups is 1. The molecular formula is C14H13BrOS. The summed E-state index contributed by atoms with van der Waals surface area (Å²) >= 11 is 5.02. The largest absolute Gasteiger partial charge is 0.289 e. The van der Waals surface area contributed by atoms with Crippen LogP contribution in [0.3, 0.4) is 0 Å². The van der Waals surface area contributed by atoms with Crippen LogP contribution in [0.2, 0.25) is 0 Å². The van der Waals surface area contributed by atoms with Crippen molar-refractivity contribution in [2.75, 3.05) is 0 Å². The maximum absolute atomic E-state index is 12.4. The van der Waals surface area contributed by atoms with E-state index in [1.54, 1.807) is 11.3 Å². The van der Waals surface area contributed by atoms with Crippen molar-refractivity contribution in [2.24, 2.45) is 0 Å². The van der Waals surface area contributed by atoms with Gasteiger partial charge in [-0.15, -0.1) is 11.3 Å². The van der Waals surface area contributed by atoms with Gasteiger partial charge in [-0.2, -0.15) is 0 Å². The van der Waals surface area contributed by atoms with Crippen LogP contribution in [0.5, 0.6) is 0 Å². The van der Waals surface area contributed by atoms with E-state index in [1.807, 2.05) is 39.0 Å². The van der Waals surface area contributed by atoms with Gasteiger partial charge in [0.05, 0.1) is 3.79 Å². The minimum absolute atomic E-state index is 0.108. The van der Waals surface area contributed by atoms with Gasteiger partial charge in [-0.05, 0) is 54.9 Å². The third kappa shape index (κ3) is 2.67. The minimum Gasteiger partial charge on any atom is -0.289 e. The molecule has 0 saturated carbocycles. The molecule has 0 N–H and O–H groups in total. The summed E-state index contributed by atoms with van der Waals surface area (Å²) in [6, 6.07) is 7.87. The number of halogens is 1. The Morgan fingerprint density at radius 3 is 2.12 bits per heavy atom. The second-order valence-corrected chi connectivity index (χ2v) is 6.86. The predicted octanol–water partition coefficient (Wildman–Crippen LogP) is 4.67. The van der Waals surface area contributed by atoms with E-state index in [2.05, 4.69) is 22.0 Å². The van der Waals surface area contributed by atoms with Gasteiger partial charge in [0.25, 0.3) is 0 Å². The fourth-order valence-electron chi connectivity index (χ4n) is 1.93. The molecule has 0 aliphatic rings. The molecule has 2 aromatic rings. The Hall–Kier alpha value is -0.930. The van der Waals surface area contributed by atoms with E-state index in [1.165, 1.54) is 0 Å². The fraction of sp³-hybridized carbons (Fsp3) is 0.214. The summed E-state index contributed by atoms with van der Waals surface area (Å²) in [4.78, 5) is 13.4. The molecule has 88 valence electrons. The van der Waals surface area contributed by atoms with Crippen LogP contribution in [0.1, 0.15) is 31.9 Å². The van der Waals surface area contributed by atoms with Crippen molar-refractivity contribution >= 4 is 33.0 Å². The highest BCUT2D eigenvalue weighted by molar-refractivity contribution is 9.11. The molecule has 2 rings (SSSR count). The molecule has 1 nitrogen and oxygen atoms in total. The molecule has 1 aromatic heterocycles. The van der Waals surface area contributed by atoms with Gasteiger partial charge in [0.2, 0.25) is 0 Å². The highest BCUT2D eigenvalue weighted by Gasteiger charge is 2.15. The highest BCUT2D eigenvalue weighted by atomic mass is 79.9. The zero-order valence-corrected chi connectivity index (χ0v) is 12.4. The lowest BCUT2D eigenvalue weighted by Crippen LogP contribution is -2.02. The summed E-state index contributed by atoms with van der Waals surface area (Å²) in [6.07, 6.45) is 0. The number of benzene rings is 1. The molecule has 0 amide bonds. The Kier molecular flexibility index (Phi) is 3.50.